The first-order valence-electron chi connectivity index (χ1n) is 5.78. The maximum Gasteiger partial charge on any atom is 0.326 e. The van der Waals surface area contributed by atoms with E-state index in [4.69, 9.17) is 5.11 Å². The molecule has 0 unspecified atom stereocenters. The van der Waals surface area contributed by atoms with Gasteiger partial charge < -0.3 is 15.4 Å². The Kier molecular flexibility index (Phi) is 5.29. The number of carboxylic acid groups (broad SMARTS) is 1. The molecule has 0 saturated heterocycles. The summed E-state index contributed by atoms with van der Waals surface area (Å²) in [6, 6.07) is 0.396. The second-order valence-electron chi connectivity index (χ2n) is 4.24. The van der Waals surface area contributed by atoms with E-state index in [1.807, 2.05) is 6.92 Å². The van der Waals surface area contributed by atoms with Gasteiger partial charge in [0, 0.05) is 6.20 Å². The number of rotatable bonds is 5. The lowest BCUT2D eigenvalue weighted by atomic mass is 9.99. The molecule has 6 nitrogen and oxygen atoms in total. The van der Waals surface area contributed by atoms with Crippen LogP contribution in [0.1, 0.15) is 30.6 Å². The van der Waals surface area contributed by atoms with Gasteiger partial charge >= 0.3 is 5.97 Å². The fourth-order valence-corrected chi connectivity index (χ4v) is 1.86. The molecule has 1 aromatic heterocycles. The number of carboxylic acids is 1. The van der Waals surface area contributed by atoms with E-state index in [2.05, 4.69) is 26.2 Å². The minimum absolute atomic E-state index is 0.187. The number of carbonyl (C=O) groups excluding carboxylic acids is 1. The van der Waals surface area contributed by atoms with E-state index in [0.717, 1.165) is 0 Å². The molecule has 3 N–H and O–H groups in total. The van der Waals surface area contributed by atoms with Crippen molar-refractivity contribution in [3.8, 4) is 0 Å². The average Bonchev–Trinajstić information content (AvgIpc) is 2.37. The molecule has 0 aromatic carbocycles. The molecule has 2 atom stereocenters. The number of aromatic amines is 1. The number of hydrogen-bond acceptors (Lipinski definition) is 3. The van der Waals surface area contributed by atoms with Crippen molar-refractivity contribution in [3.05, 3.63) is 32.7 Å². The van der Waals surface area contributed by atoms with Gasteiger partial charge in [-0.2, -0.15) is 0 Å². The highest BCUT2D eigenvalue weighted by Crippen LogP contribution is 2.10. The minimum Gasteiger partial charge on any atom is -0.480 e. The predicted octanol–water partition coefficient (Wildman–Crippen LogP) is 1.37. The van der Waals surface area contributed by atoms with Crippen LogP contribution in [0.2, 0.25) is 0 Å². The summed E-state index contributed by atoms with van der Waals surface area (Å²) in [5, 5.41) is 11.5. The highest BCUT2D eigenvalue weighted by molar-refractivity contribution is 9.10. The van der Waals surface area contributed by atoms with Gasteiger partial charge in [0.1, 0.15) is 6.04 Å². The second kappa shape index (κ2) is 6.51. The maximum absolute atomic E-state index is 11.9. The van der Waals surface area contributed by atoms with Gasteiger partial charge in [-0.3, -0.25) is 9.59 Å². The summed E-state index contributed by atoms with van der Waals surface area (Å²) in [6.45, 7) is 3.60. The van der Waals surface area contributed by atoms with Crippen LogP contribution in [0.4, 0.5) is 0 Å². The molecule has 104 valence electrons. The Morgan fingerprint density at radius 3 is 2.63 bits per heavy atom. The number of amides is 1. The van der Waals surface area contributed by atoms with Gasteiger partial charge in [0.15, 0.2) is 0 Å². The van der Waals surface area contributed by atoms with Crippen molar-refractivity contribution in [2.24, 2.45) is 5.92 Å². The molecule has 0 radical (unpaired) electrons. The summed E-state index contributed by atoms with van der Waals surface area (Å²) in [5.41, 5.74) is -0.158. The fraction of sp³-hybridized carbons (Fsp3) is 0.417. The lowest BCUT2D eigenvalue weighted by Crippen LogP contribution is -2.45. The van der Waals surface area contributed by atoms with Crippen molar-refractivity contribution in [1.29, 1.82) is 0 Å². The SMILES string of the molecule is CC[C@H](C)[C@H](NC(=O)c1c[nH]c(=O)c(Br)c1)C(=O)O. The molecule has 0 bridgehead atoms. The zero-order chi connectivity index (χ0) is 14.6. The first kappa shape index (κ1) is 15.4. The Balaban J connectivity index is 2.90. The predicted molar refractivity (Wildman–Crippen MR) is 73.1 cm³/mol. The topological polar surface area (TPSA) is 99.3 Å². The molecule has 0 spiro atoms. The number of H-pyrrole nitrogens is 1. The first-order valence-corrected chi connectivity index (χ1v) is 6.58. The molecule has 1 amide bonds. The summed E-state index contributed by atoms with van der Waals surface area (Å²) in [4.78, 5) is 36.6. The van der Waals surface area contributed by atoms with Gasteiger partial charge in [0.25, 0.3) is 11.5 Å². The first-order chi connectivity index (χ1) is 8.86. The lowest BCUT2D eigenvalue weighted by molar-refractivity contribution is -0.140. The molecule has 0 aliphatic heterocycles. The largest absolute Gasteiger partial charge is 0.480 e. The van der Waals surface area contributed by atoms with E-state index < -0.39 is 17.9 Å². The van der Waals surface area contributed by atoms with E-state index in [0.29, 0.717) is 6.42 Å². The molecule has 1 heterocycles. The van der Waals surface area contributed by atoms with Crippen LogP contribution < -0.4 is 10.9 Å². The number of aliphatic carboxylic acids is 1. The van der Waals surface area contributed by atoms with Gasteiger partial charge in [-0.25, -0.2) is 4.79 Å². The molecule has 7 heteroatoms. The Morgan fingerprint density at radius 1 is 1.53 bits per heavy atom. The van der Waals surface area contributed by atoms with E-state index in [1.54, 1.807) is 6.92 Å². The van der Waals surface area contributed by atoms with Crippen LogP contribution in [0, 0.1) is 5.92 Å². The highest BCUT2D eigenvalue weighted by atomic mass is 79.9. The zero-order valence-electron chi connectivity index (χ0n) is 10.6. The molecular formula is C12H15BrN2O4. The number of pyridine rings is 1. The standard InChI is InChI=1S/C12H15BrN2O4/c1-3-6(2)9(12(18)19)15-10(16)7-4-8(13)11(17)14-5-7/h4-6,9H,3H2,1-2H3,(H,14,17)(H,15,16)(H,18,19)/t6-,9-/m0/s1. The normalized spacial score (nSPS) is 13.6. The Bertz CT molecular complexity index is 541. The van der Waals surface area contributed by atoms with Crippen molar-refractivity contribution >= 4 is 27.8 Å². The molecule has 0 aliphatic carbocycles. The van der Waals surface area contributed by atoms with Crippen LogP contribution in [-0.2, 0) is 4.79 Å². The van der Waals surface area contributed by atoms with Gasteiger partial charge in [0.05, 0.1) is 10.0 Å². The molecule has 0 saturated carbocycles. The summed E-state index contributed by atoms with van der Waals surface area (Å²) in [7, 11) is 0. The van der Waals surface area contributed by atoms with Crippen molar-refractivity contribution < 1.29 is 14.7 Å². The zero-order valence-corrected chi connectivity index (χ0v) is 12.2. The van der Waals surface area contributed by atoms with Crippen LogP contribution in [0.25, 0.3) is 0 Å². The number of aromatic nitrogens is 1. The average molecular weight is 331 g/mol. The molecule has 1 rings (SSSR count). The Hall–Kier alpha value is -1.63. The molecular weight excluding hydrogens is 316 g/mol. The third-order valence-corrected chi connectivity index (χ3v) is 3.47. The lowest BCUT2D eigenvalue weighted by Gasteiger charge is -2.20. The van der Waals surface area contributed by atoms with Crippen molar-refractivity contribution in [3.63, 3.8) is 0 Å². The van der Waals surface area contributed by atoms with Crippen LogP contribution in [0.15, 0.2) is 21.5 Å². The summed E-state index contributed by atoms with van der Waals surface area (Å²) < 4.78 is 0.218. The van der Waals surface area contributed by atoms with Crippen molar-refractivity contribution in [2.75, 3.05) is 0 Å². The molecule has 19 heavy (non-hydrogen) atoms. The Labute approximate surface area is 118 Å². The van der Waals surface area contributed by atoms with E-state index in [-0.39, 0.29) is 21.5 Å². The van der Waals surface area contributed by atoms with Crippen LogP contribution >= 0.6 is 15.9 Å². The van der Waals surface area contributed by atoms with Crippen molar-refractivity contribution in [1.82, 2.24) is 10.3 Å². The highest BCUT2D eigenvalue weighted by Gasteiger charge is 2.25. The summed E-state index contributed by atoms with van der Waals surface area (Å²) in [5.74, 6) is -1.80. The monoisotopic (exact) mass is 330 g/mol. The van der Waals surface area contributed by atoms with Crippen LogP contribution in [0.5, 0.6) is 0 Å². The third-order valence-electron chi connectivity index (χ3n) is 2.89. The van der Waals surface area contributed by atoms with Crippen LogP contribution in [-0.4, -0.2) is 28.0 Å². The number of carbonyl (C=O) groups is 2. The minimum atomic E-state index is -1.08. The van der Waals surface area contributed by atoms with Gasteiger partial charge in [-0.15, -0.1) is 0 Å². The maximum atomic E-state index is 11.9. The number of hydrogen-bond donors (Lipinski definition) is 3. The smallest absolute Gasteiger partial charge is 0.326 e. The van der Waals surface area contributed by atoms with Gasteiger partial charge in [0.2, 0.25) is 0 Å². The molecule has 1 aromatic rings. The van der Waals surface area contributed by atoms with Crippen LogP contribution in [0.3, 0.4) is 0 Å². The van der Waals surface area contributed by atoms with Gasteiger partial charge in [-0.05, 0) is 27.9 Å². The van der Waals surface area contributed by atoms with E-state index >= 15 is 0 Å². The quantitative estimate of drug-likeness (QED) is 0.759. The third kappa shape index (κ3) is 3.92. The fourth-order valence-electron chi connectivity index (χ4n) is 1.49. The second-order valence-corrected chi connectivity index (χ2v) is 5.09. The molecule has 0 aliphatic rings. The van der Waals surface area contributed by atoms with E-state index in [1.165, 1.54) is 12.3 Å². The number of nitrogens with one attached hydrogen (secondary N) is 2. The number of halogens is 1. The van der Waals surface area contributed by atoms with E-state index in [9.17, 15) is 14.4 Å². The Morgan fingerprint density at radius 2 is 2.16 bits per heavy atom. The van der Waals surface area contributed by atoms with Gasteiger partial charge in [-0.1, -0.05) is 20.3 Å². The summed E-state index contributed by atoms with van der Waals surface area (Å²) in [6.07, 6.45) is 1.88. The molecule has 0 fully saturated rings. The summed E-state index contributed by atoms with van der Waals surface area (Å²) >= 11 is 3.01. The van der Waals surface area contributed by atoms with Crippen molar-refractivity contribution in [2.45, 2.75) is 26.3 Å².